The van der Waals surface area contributed by atoms with E-state index in [-0.39, 0.29) is 18.2 Å². The van der Waals surface area contributed by atoms with E-state index in [1.54, 1.807) is 25.0 Å². The van der Waals surface area contributed by atoms with Gasteiger partial charge >= 0.3 is 5.97 Å². The summed E-state index contributed by atoms with van der Waals surface area (Å²) >= 11 is 0. The minimum absolute atomic E-state index is 0.0480. The first kappa shape index (κ1) is 22.8. The Morgan fingerprint density at radius 2 is 1.88 bits per heavy atom. The smallest absolute Gasteiger partial charge is 0.311 e. The number of benzene rings is 1. The molecule has 3 heterocycles. The predicted molar refractivity (Wildman–Crippen MR) is 117 cm³/mol. The number of methoxy groups -OCH3 is 2. The van der Waals surface area contributed by atoms with E-state index < -0.39 is 17.4 Å². The lowest BCUT2D eigenvalue weighted by molar-refractivity contribution is -0.220. The first-order chi connectivity index (χ1) is 15.9. The zero-order valence-electron chi connectivity index (χ0n) is 19.0. The maximum Gasteiger partial charge on any atom is 0.311 e. The number of rotatable bonds is 6. The van der Waals surface area contributed by atoms with Gasteiger partial charge in [0.15, 0.2) is 0 Å². The SMILES string of the molecule is CCON1C(=O)C[C@H](C(=O)OC)C12CCN(C(=O)c1cc(-c3ccc(OC)cc3)n[nH]1)CC2. The van der Waals surface area contributed by atoms with Gasteiger partial charge in [0.25, 0.3) is 5.91 Å². The number of ether oxygens (including phenoxy) is 2. The van der Waals surface area contributed by atoms with Gasteiger partial charge in [-0.2, -0.15) is 5.10 Å². The molecule has 1 N–H and O–H groups in total. The lowest BCUT2D eigenvalue weighted by Crippen LogP contribution is -2.58. The predicted octanol–water partition coefficient (Wildman–Crippen LogP) is 2.03. The summed E-state index contributed by atoms with van der Waals surface area (Å²) in [5, 5.41) is 8.46. The summed E-state index contributed by atoms with van der Waals surface area (Å²) in [6, 6.07) is 9.14. The molecule has 1 aromatic heterocycles. The molecule has 0 radical (unpaired) electrons. The highest BCUT2D eigenvalue weighted by molar-refractivity contribution is 5.94. The molecule has 176 valence electrons. The van der Waals surface area contributed by atoms with Crippen molar-refractivity contribution >= 4 is 17.8 Å². The maximum absolute atomic E-state index is 13.1. The van der Waals surface area contributed by atoms with Crippen LogP contribution in [-0.4, -0.2) is 77.4 Å². The molecular formula is C23H28N4O6. The number of carbonyl (C=O) groups is 3. The number of carbonyl (C=O) groups excluding carboxylic acids is 3. The van der Waals surface area contributed by atoms with Crippen molar-refractivity contribution in [2.45, 2.75) is 31.7 Å². The summed E-state index contributed by atoms with van der Waals surface area (Å²) in [4.78, 5) is 45.5. The molecule has 2 aliphatic rings. The Bertz CT molecular complexity index is 1030. The molecule has 10 heteroatoms. The number of nitrogens with one attached hydrogen (secondary N) is 1. The van der Waals surface area contributed by atoms with E-state index in [0.29, 0.717) is 43.9 Å². The maximum atomic E-state index is 13.1. The summed E-state index contributed by atoms with van der Waals surface area (Å²) in [5.74, 6) is -0.719. The summed E-state index contributed by atoms with van der Waals surface area (Å²) < 4.78 is 10.1. The highest BCUT2D eigenvalue weighted by Crippen LogP contribution is 2.44. The van der Waals surface area contributed by atoms with Crippen LogP contribution in [0.25, 0.3) is 11.3 Å². The van der Waals surface area contributed by atoms with E-state index in [1.165, 1.54) is 12.2 Å². The van der Waals surface area contributed by atoms with Crippen LogP contribution in [0.4, 0.5) is 0 Å². The third-order valence-electron chi connectivity index (χ3n) is 6.51. The van der Waals surface area contributed by atoms with Gasteiger partial charge in [0, 0.05) is 25.1 Å². The number of nitrogens with zero attached hydrogens (tertiary/aromatic N) is 3. The lowest BCUT2D eigenvalue weighted by Gasteiger charge is -2.45. The van der Waals surface area contributed by atoms with Gasteiger partial charge < -0.3 is 14.4 Å². The fourth-order valence-corrected chi connectivity index (χ4v) is 4.77. The van der Waals surface area contributed by atoms with Gasteiger partial charge in [-0.25, -0.2) is 5.06 Å². The molecule has 2 amide bonds. The van der Waals surface area contributed by atoms with Crippen molar-refractivity contribution in [2.24, 2.45) is 5.92 Å². The molecule has 1 atom stereocenters. The second-order valence-corrected chi connectivity index (χ2v) is 8.18. The van der Waals surface area contributed by atoms with Gasteiger partial charge in [-0.3, -0.25) is 24.3 Å². The van der Waals surface area contributed by atoms with Crippen LogP contribution >= 0.6 is 0 Å². The molecule has 0 unspecified atom stereocenters. The fourth-order valence-electron chi connectivity index (χ4n) is 4.77. The van der Waals surface area contributed by atoms with Crippen LogP contribution in [0.3, 0.4) is 0 Å². The number of amides is 2. The number of aromatic nitrogens is 2. The van der Waals surface area contributed by atoms with Crippen LogP contribution in [0.5, 0.6) is 5.75 Å². The van der Waals surface area contributed by atoms with E-state index in [1.807, 2.05) is 24.3 Å². The Kier molecular flexibility index (Phi) is 6.37. The number of likely N-dealkylation sites (tertiary alicyclic amines) is 1. The number of hydrogen-bond acceptors (Lipinski definition) is 7. The summed E-state index contributed by atoms with van der Waals surface area (Å²) in [6.07, 6.45) is 0.889. The average Bonchev–Trinajstić information content (AvgIpc) is 3.44. The molecule has 0 bridgehead atoms. The molecule has 33 heavy (non-hydrogen) atoms. The standard InChI is InChI=1S/C23H28N4O6/c1-4-33-27-20(28)13-17(22(30)32-3)23(27)9-11-26(12-10-23)21(29)19-14-18(24-25-19)15-5-7-16(31-2)8-6-15/h5-8,14,17H,4,9-13H2,1-3H3,(H,24,25)/t17-/m1/s1. The summed E-state index contributed by atoms with van der Waals surface area (Å²) in [6.45, 7) is 2.86. The first-order valence-electron chi connectivity index (χ1n) is 11.0. The monoisotopic (exact) mass is 456 g/mol. The Morgan fingerprint density at radius 3 is 2.48 bits per heavy atom. The third kappa shape index (κ3) is 4.06. The lowest BCUT2D eigenvalue weighted by atomic mass is 9.77. The Hall–Kier alpha value is -3.40. The van der Waals surface area contributed by atoms with Crippen molar-refractivity contribution in [3.8, 4) is 17.0 Å². The van der Waals surface area contributed by atoms with Crippen LogP contribution in [0.2, 0.25) is 0 Å². The highest BCUT2D eigenvalue weighted by atomic mass is 16.7. The van der Waals surface area contributed by atoms with Crippen molar-refractivity contribution in [3.63, 3.8) is 0 Å². The molecule has 4 rings (SSSR count). The van der Waals surface area contributed by atoms with Gasteiger partial charge in [0.2, 0.25) is 5.91 Å². The van der Waals surface area contributed by atoms with Crippen LogP contribution < -0.4 is 4.74 Å². The quantitative estimate of drug-likeness (QED) is 0.662. The second-order valence-electron chi connectivity index (χ2n) is 8.18. The Morgan fingerprint density at radius 1 is 1.18 bits per heavy atom. The zero-order valence-corrected chi connectivity index (χ0v) is 19.0. The van der Waals surface area contributed by atoms with E-state index in [2.05, 4.69) is 10.2 Å². The number of hydrogen-bond donors (Lipinski definition) is 1. The van der Waals surface area contributed by atoms with Crippen LogP contribution in [0, 0.1) is 5.92 Å². The van der Waals surface area contributed by atoms with Crippen LogP contribution in [0.15, 0.2) is 30.3 Å². The van der Waals surface area contributed by atoms with Gasteiger partial charge in [-0.1, -0.05) is 0 Å². The molecule has 1 spiro atoms. The molecule has 10 nitrogen and oxygen atoms in total. The number of esters is 1. The van der Waals surface area contributed by atoms with E-state index in [4.69, 9.17) is 14.3 Å². The zero-order chi connectivity index (χ0) is 23.6. The van der Waals surface area contributed by atoms with Gasteiger partial charge in [0.05, 0.1) is 38.0 Å². The molecule has 2 saturated heterocycles. The average molecular weight is 456 g/mol. The number of aromatic amines is 1. The van der Waals surface area contributed by atoms with Crippen molar-refractivity contribution in [1.82, 2.24) is 20.2 Å². The number of piperidine rings is 1. The normalized spacial score (nSPS) is 19.7. The van der Waals surface area contributed by atoms with E-state index >= 15 is 0 Å². The fraction of sp³-hybridized carbons (Fsp3) is 0.478. The summed E-state index contributed by atoms with van der Waals surface area (Å²) in [5.41, 5.74) is 1.09. The topological polar surface area (TPSA) is 114 Å². The second kappa shape index (κ2) is 9.22. The molecular weight excluding hydrogens is 428 g/mol. The minimum atomic E-state index is -0.806. The summed E-state index contributed by atoms with van der Waals surface area (Å²) in [7, 11) is 2.92. The van der Waals surface area contributed by atoms with Crippen molar-refractivity contribution in [1.29, 1.82) is 0 Å². The van der Waals surface area contributed by atoms with Gasteiger partial charge in [-0.05, 0) is 50.1 Å². The molecule has 1 aromatic carbocycles. The van der Waals surface area contributed by atoms with Crippen molar-refractivity contribution in [3.05, 3.63) is 36.0 Å². The van der Waals surface area contributed by atoms with Gasteiger partial charge in [-0.15, -0.1) is 0 Å². The van der Waals surface area contributed by atoms with E-state index in [9.17, 15) is 14.4 Å². The highest BCUT2D eigenvalue weighted by Gasteiger charge is 2.58. The first-order valence-corrected chi connectivity index (χ1v) is 11.0. The largest absolute Gasteiger partial charge is 0.497 e. The Labute approximate surface area is 191 Å². The van der Waals surface area contributed by atoms with Gasteiger partial charge in [0.1, 0.15) is 11.4 Å². The van der Waals surface area contributed by atoms with Crippen molar-refractivity contribution in [2.75, 3.05) is 33.9 Å². The molecule has 2 fully saturated rings. The van der Waals surface area contributed by atoms with Crippen LogP contribution in [0.1, 0.15) is 36.7 Å². The molecule has 2 aliphatic heterocycles. The Balaban J connectivity index is 1.48. The molecule has 2 aromatic rings. The van der Waals surface area contributed by atoms with Crippen molar-refractivity contribution < 1.29 is 28.7 Å². The molecule has 0 aliphatic carbocycles. The number of hydroxylamine groups is 2. The number of H-pyrrole nitrogens is 1. The van der Waals surface area contributed by atoms with E-state index in [0.717, 1.165) is 11.3 Å². The molecule has 0 saturated carbocycles. The minimum Gasteiger partial charge on any atom is -0.497 e. The van der Waals surface area contributed by atoms with Crippen LogP contribution in [-0.2, 0) is 19.2 Å². The third-order valence-corrected chi connectivity index (χ3v) is 6.51.